The van der Waals surface area contributed by atoms with Crippen molar-refractivity contribution >= 4 is 39.1 Å². The summed E-state index contributed by atoms with van der Waals surface area (Å²) in [6.45, 7) is 0.0165. The van der Waals surface area contributed by atoms with Gasteiger partial charge in [-0.05, 0) is 30.3 Å². The zero-order chi connectivity index (χ0) is 21.3. The Morgan fingerprint density at radius 1 is 1.30 bits per heavy atom. The molecular formula is C21H19N3O5S. The number of aromatic nitrogens is 1. The highest BCUT2D eigenvalue weighted by Gasteiger charge is 2.34. The molecule has 0 saturated carbocycles. The van der Waals surface area contributed by atoms with Crippen molar-refractivity contribution in [2.24, 2.45) is 0 Å². The van der Waals surface area contributed by atoms with Crippen molar-refractivity contribution in [1.29, 1.82) is 0 Å². The minimum atomic E-state index is -0.587. The fourth-order valence-electron chi connectivity index (χ4n) is 3.26. The zero-order valence-electron chi connectivity index (χ0n) is 16.1. The van der Waals surface area contributed by atoms with Gasteiger partial charge < -0.3 is 25.2 Å². The minimum Gasteiger partial charge on any atom is -0.508 e. The lowest BCUT2D eigenvalue weighted by atomic mass is 10.2. The number of rotatable bonds is 6. The van der Waals surface area contributed by atoms with Crippen molar-refractivity contribution in [3.63, 3.8) is 0 Å². The number of esters is 1. The van der Waals surface area contributed by atoms with E-state index in [0.717, 1.165) is 20.8 Å². The first kappa shape index (κ1) is 19.9. The van der Waals surface area contributed by atoms with Crippen molar-refractivity contribution in [3.8, 4) is 16.3 Å². The normalized spacial score (nSPS) is 13.9. The molecule has 154 valence electrons. The first-order valence-electron chi connectivity index (χ1n) is 9.18. The Hall–Kier alpha value is -3.43. The van der Waals surface area contributed by atoms with E-state index in [9.17, 15) is 14.7 Å². The molecule has 0 bridgehead atoms. The smallest absolute Gasteiger partial charge is 0.337 e. The fraction of sp³-hybridized carbons (Fsp3) is 0.190. The van der Waals surface area contributed by atoms with Crippen LogP contribution in [0, 0.1) is 0 Å². The highest BCUT2D eigenvalue weighted by Crippen LogP contribution is 2.33. The summed E-state index contributed by atoms with van der Waals surface area (Å²) in [6, 6.07) is 12.3. The lowest BCUT2D eigenvalue weighted by molar-refractivity contribution is -0.136. The number of aliphatic hydroxyl groups excluding tert-OH is 1. The molecule has 2 aromatic carbocycles. The Morgan fingerprint density at radius 2 is 2.13 bits per heavy atom. The van der Waals surface area contributed by atoms with E-state index in [2.05, 4.69) is 10.3 Å². The Balaban J connectivity index is 1.66. The third-order valence-corrected chi connectivity index (χ3v) is 5.77. The van der Waals surface area contributed by atoms with Crippen LogP contribution in [0.25, 0.3) is 20.8 Å². The van der Waals surface area contributed by atoms with Crippen LogP contribution in [0.15, 0.2) is 53.7 Å². The van der Waals surface area contributed by atoms with Crippen LogP contribution in [0.5, 0.6) is 5.75 Å². The van der Waals surface area contributed by atoms with E-state index in [4.69, 9.17) is 9.84 Å². The molecule has 9 heteroatoms. The molecule has 1 amide bonds. The lowest BCUT2D eigenvalue weighted by Gasteiger charge is -2.15. The number of carbonyl (C=O) groups excluding carboxylic acids is 2. The number of aromatic hydroxyl groups is 1. The van der Waals surface area contributed by atoms with Crippen molar-refractivity contribution in [2.45, 2.75) is 0 Å². The number of β-amino-alcohol motifs (C(OH)–C–C–N with tert-alkyl or cyclic N) is 1. The summed E-state index contributed by atoms with van der Waals surface area (Å²) >= 11 is 1.45. The van der Waals surface area contributed by atoms with Gasteiger partial charge in [-0.3, -0.25) is 4.79 Å². The lowest BCUT2D eigenvalue weighted by Crippen LogP contribution is -2.31. The number of amides is 1. The molecule has 4 rings (SSSR count). The summed E-state index contributed by atoms with van der Waals surface area (Å²) in [5.74, 6) is -0.783. The van der Waals surface area contributed by atoms with E-state index < -0.39 is 5.97 Å². The molecular weight excluding hydrogens is 406 g/mol. The Labute approximate surface area is 176 Å². The quantitative estimate of drug-likeness (QED) is 0.520. The van der Waals surface area contributed by atoms with Crippen molar-refractivity contribution in [3.05, 3.63) is 53.7 Å². The summed E-state index contributed by atoms with van der Waals surface area (Å²) in [6.07, 6.45) is 0. The molecule has 1 aliphatic heterocycles. The number of phenolic OH excluding ortho intramolecular Hbond substituents is 1. The Bertz CT molecular complexity index is 1170. The van der Waals surface area contributed by atoms with Crippen molar-refractivity contribution < 1.29 is 24.5 Å². The number of nitrogens with one attached hydrogen (secondary N) is 1. The average Bonchev–Trinajstić information content (AvgIpc) is 3.30. The van der Waals surface area contributed by atoms with Crippen LogP contribution in [0.3, 0.4) is 0 Å². The molecule has 1 aromatic heterocycles. The number of methoxy groups -OCH3 is 1. The number of anilines is 1. The van der Waals surface area contributed by atoms with Crippen LogP contribution in [0.1, 0.15) is 0 Å². The number of carbonyl (C=O) groups is 2. The van der Waals surface area contributed by atoms with Gasteiger partial charge in [0.2, 0.25) is 0 Å². The van der Waals surface area contributed by atoms with Crippen molar-refractivity contribution in [2.75, 3.05) is 32.1 Å². The van der Waals surface area contributed by atoms with Crippen LogP contribution in [0.2, 0.25) is 0 Å². The Morgan fingerprint density at radius 3 is 2.87 bits per heavy atom. The molecule has 3 N–H and O–H groups in total. The van der Waals surface area contributed by atoms with Gasteiger partial charge in [0.05, 0.1) is 36.1 Å². The largest absolute Gasteiger partial charge is 0.508 e. The number of benzene rings is 2. The third kappa shape index (κ3) is 3.72. The van der Waals surface area contributed by atoms with Crippen molar-refractivity contribution in [1.82, 2.24) is 9.88 Å². The number of hydrogen-bond acceptors (Lipinski definition) is 8. The second kappa shape index (κ2) is 8.13. The number of thiazole rings is 1. The maximum atomic E-state index is 12.7. The minimum absolute atomic E-state index is 0.0822. The fourth-order valence-corrected chi connectivity index (χ4v) is 4.26. The zero-order valence-corrected chi connectivity index (χ0v) is 16.9. The second-order valence-corrected chi connectivity index (χ2v) is 7.70. The Kier molecular flexibility index (Phi) is 5.39. The highest BCUT2D eigenvalue weighted by molar-refractivity contribution is 7.21. The van der Waals surface area contributed by atoms with Gasteiger partial charge in [0.15, 0.2) is 0 Å². The molecule has 3 aromatic rings. The SMILES string of the molecule is COC(=O)C1=C(Nc2ccc3nc(-c4cccc(O)c4)sc3c2)C(=O)N(CCO)C1. The number of phenols is 1. The predicted molar refractivity (Wildman–Crippen MR) is 113 cm³/mol. The summed E-state index contributed by atoms with van der Waals surface area (Å²) in [7, 11) is 1.26. The average molecular weight is 425 g/mol. The third-order valence-electron chi connectivity index (χ3n) is 4.70. The maximum Gasteiger partial charge on any atom is 0.337 e. The number of ether oxygens (including phenoxy) is 1. The van der Waals surface area contributed by atoms with E-state index in [1.807, 2.05) is 18.2 Å². The molecule has 1 aliphatic rings. The predicted octanol–water partition coefficient (Wildman–Crippen LogP) is 2.34. The molecule has 0 atom stereocenters. The van der Waals surface area contributed by atoms with E-state index in [1.165, 1.54) is 23.3 Å². The molecule has 0 aliphatic carbocycles. The van der Waals surface area contributed by atoms with E-state index in [-0.39, 0.29) is 42.6 Å². The number of nitrogens with zero attached hydrogens (tertiary/aromatic N) is 2. The van der Waals surface area contributed by atoms with Crippen LogP contribution < -0.4 is 5.32 Å². The molecule has 0 unspecified atom stereocenters. The van der Waals surface area contributed by atoms with Gasteiger partial charge in [-0.25, -0.2) is 9.78 Å². The maximum absolute atomic E-state index is 12.7. The monoisotopic (exact) mass is 425 g/mol. The van der Waals surface area contributed by atoms with Crippen LogP contribution in [-0.4, -0.2) is 58.8 Å². The summed E-state index contributed by atoms with van der Waals surface area (Å²) in [4.78, 5) is 30.8. The van der Waals surface area contributed by atoms with Gasteiger partial charge in [0.25, 0.3) is 5.91 Å². The molecule has 0 saturated heterocycles. The molecule has 8 nitrogen and oxygen atoms in total. The molecule has 2 heterocycles. The first-order chi connectivity index (χ1) is 14.5. The summed E-state index contributed by atoms with van der Waals surface area (Å²) < 4.78 is 5.69. The van der Waals surface area contributed by atoms with Crippen LogP contribution in [-0.2, 0) is 14.3 Å². The topological polar surface area (TPSA) is 112 Å². The molecule has 30 heavy (non-hydrogen) atoms. The summed E-state index contributed by atoms with van der Waals surface area (Å²) in [5.41, 5.74) is 2.59. The van der Waals surface area contributed by atoms with Gasteiger partial charge in [0.1, 0.15) is 16.5 Å². The van der Waals surface area contributed by atoms with Gasteiger partial charge in [-0.2, -0.15) is 0 Å². The van der Waals surface area contributed by atoms with Crippen LogP contribution in [0.4, 0.5) is 5.69 Å². The number of hydrogen-bond donors (Lipinski definition) is 3. The number of fused-ring (bicyclic) bond motifs is 1. The van der Waals surface area contributed by atoms with Gasteiger partial charge in [0, 0.05) is 17.8 Å². The second-order valence-electron chi connectivity index (χ2n) is 6.67. The van der Waals surface area contributed by atoms with Gasteiger partial charge >= 0.3 is 5.97 Å². The summed E-state index contributed by atoms with van der Waals surface area (Å²) in [5, 5.41) is 22.7. The van der Waals surface area contributed by atoms with Gasteiger partial charge in [-0.15, -0.1) is 11.3 Å². The first-order valence-corrected chi connectivity index (χ1v) is 10.0. The molecule has 0 fully saturated rings. The van der Waals surface area contributed by atoms with E-state index >= 15 is 0 Å². The standard InChI is InChI=1S/C21H19N3O5S/c1-29-21(28)15-11-24(7-8-25)20(27)18(15)22-13-5-6-16-17(10-13)30-19(23-16)12-3-2-4-14(26)9-12/h2-6,9-10,22,25-26H,7-8,11H2,1H3. The van der Waals surface area contributed by atoms with Gasteiger partial charge in [-0.1, -0.05) is 12.1 Å². The molecule has 0 spiro atoms. The van der Waals surface area contributed by atoms with E-state index in [0.29, 0.717) is 5.69 Å². The highest BCUT2D eigenvalue weighted by atomic mass is 32.1. The van der Waals surface area contributed by atoms with Crippen LogP contribution >= 0.6 is 11.3 Å². The van der Waals surface area contributed by atoms with E-state index in [1.54, 1.807) is 24.3 Å². The number of aliphatic hydroxyl groups is 1. The molecule has 0 radical (unpaired) electrons.